The van der Waals surface area contributed by atoms with Gasteiger partial charge in [-0.15, -0.1) is 11.3 Å². The van der Waals surface area contributed by atoms with Crippen molar-refractivity contribution in [3.63, 3.8) is 0 Å². The van der Waals surface area contributed by atoms with E-state index in [1.807, 2.05) is 0 Å². The highest BCUT2D eigenvalue weighted by Crippen LogP contribution is 2.24. The number of rotatable bonds is 5. The zero-order valence-corrected chi connectivity index (χ0v) is 14.2. The first-order valence-electron chi connectivity index (χ1n) is 6.56. The van der Waals surface area contributed by atoms with Crippen LogP contribution in [0, 0.1) is 0 Å². The first-order chi connectivity index (χ1) is 10.8. The van der Waals surface area contributed by atoms with Gasteiger partial charge in [-0.3, -0.25) is 4.79 Å². The third-order valence-corrected chi connectivity index (χ3v) is 5.00. The molecule has 8 heteroatoms. The maximum Gasteiger partial charge on any atom is 0.340 e. The summed E-state index contributed by atoms with van der Waals surface area (Å²) in [5.74, 6) is -0.816. The molecule has 0 bridgehead atoms. The fourth-order valence-corrected chi connectivity index (χ4v) is 3.31. The maximum atomic E-state index is 12.0. The summed E-state index contributed by atoms with van der Waals surface area (Å²) in [6.07, 6.45) is 1.20. The van der Waals surface area contributed by atoms with Crippen molar-refractivity contribution in [2.24, 2.45) is 0 Å². The number of esters is 1. The van der Waals surface area contributed by atoms with Crippen molar-refractivity contribution in [3.8, 4) is 0 Å². The van der Waals surface area contributed by atoms with Crippen molar-refractivity contribution in [3.05, 3.63) is 46.8 Å². The van der Waals surface area contributed by atoms with Crippen LogP contribution in [0.2, 0.25) is 0 Å². The zero-order chi connectivity index (χ0) is 17.0. The van der Waals surface area contributed by atoms with Gasteiger partial charge in [0.25, 0.3) is 0 Å². The normalized spacial score (nSPS) is 11.0. The third-order valence-electron chi connectivity index (χ3n) is 3.04. The molecule has 0 radical (unpaired) electrons. The summed E-state index contributed by atoms with van der Waals surface area (Å²) in [5.41, 5.74) is 0.976. The predicted octanol–water partition coefficient (Wildman–Crippen LogP) is 2.12. The molecule has 2 rings (SSSR count). The van der Waals surface area contributed by atoms with Crippen LogP contribution < -0.4 is 5.32 Å². The van der Waals surface area contributed by atoms with Gasteiger partial charge in [0.05, 0.1) is 24.0 Å². The Balaban J connectivity index is 2.06. The minimum atomic E-state index is -3.26. The smallest absolute Gasteiger partial charge is 0.340 e. The van der Waals surface area contributed by atoms with Crippen LogP contribution in [0.15, 0.2) is 40.6 Å². The molecule has 1 N–H and O–H groups in total. The lowest BCUT2D eigenvalue weighted by molar-refractivity contribution is -0.115. The van der Waals surface area contributed by atoms with E-state index < -0.39 is 15.8 Å². The molecule has 0 aliphatic heterocycles. The van der Waals surface area contributed by atoms with E-state index in [1.165, 1.54) is 30.6 Å². The van der Waals surface area contributed by atoms with Crippen molar-refractivity contribution in [2.75, 3.05) is 18.7 Å². The molecule has 0 spiro atoms. The summed E-state index contributed by atoms with van der Waals surface area (Å²) in [7, 11) is -1.98. The molecule has 0 atom stereocenters. The van der Waals surface area contributed by atoms with Crippen LogP contribution in [-0.2, 0) is 25.8 Å². The predicted molar refractivity (Wildman–Crippen MR) is 87.5 cm³/mol. The number of hydrogen-bond acceptors (Lipinski definition) is 6. The first kappa shape index (κ1) is 17.2. The molecule has 0 saturated carbocycles. The summed E-state index contributed by atoms with van der Waals surface area (Å²) in [6, 6.07) is 7.68. The van der Waals surface area contributed by atoms with Crippen LogP contribution in [0.25, 0.3) is 0 Å². The minimum absolute atomic E-state index is 0.0720. The lowest BCUT2D eigenvalue weighted by atomic mass is 10.1. The Morgan fingerprint density at radius 3 is 2.39 bits per heavy atom. The Labute approximate surface area is 138 Å². The Morgan fingerprint density at radius 1 is 1.17 bits per heavy atom. The van der Waals surface area contributed by atoms with Crippen molar-refractivity contribution in [1.29, 1.82) is 0 Å². The van der Waals surface area contributed by atoms with Gasteiger partial charge >= 0.3 is 5.97 Å². The van der Waals surface area contributed by atoms with Crippen molar-refractivity contribution >= 4 is 38.1 Å². The molecule has 1 heterocycles. The average Bonchev–Trinajstić information content (AvgIpc) is 2.94. The SMILES string of the molecule is COC(=O)c1ccsc1NC(=O)Cc1ccc(S(C)(=O)=O)cc1. The van der Waals surface area contributed by atoms with E-state index in [0.29, 0.717) is 16.1 Å². The van der Waals surface area contributed by atoms with Gasteiger partial charge in [0.1, 0.15) is 5.00 Å². The number of amides is 1. The second-order valence-electron chi connectivity index (χ2n) is 4.80. The maximum absolute atomic E-state index is 12.0. The fraction of sp³-hybridized carbons (Fsp3) is 0.200. The van der Waals surface area contributed by atoms with E-state index in [9.17, 15) is 18.0 Å². The van der Waals surface area contributed by atoms with Crippen LogP contribution in [0.5, 0.6) is 0 Å². The van der Waals surface area contributed by atoms with Gasteiger partial charge in [0.2, 0.25) is 5.91 Å². The number of carbonyl (C=O) groups is 2. The van der Waals surface area contributed by atoms with E-state index in [1.54, 1.807) is 23.6 Å². The standard InChI is InChI=1S/C15H15NO5S2/c1-21-15(18)12-7-8-22-14(12)16-13(17)9-10-3-5-11(6-4-10)23(2,19)20/h3-8H,9H2,1-2H3,(H,16,17). The van der Waals surface area contributed by atoms with Crippen molar-refractivity contribution in [2.45, 2.75) is 11.3 Å². The van der Waals surface area contributed by atoms with Gasteiger partial charge in [-0.1, -0.05) is 12.1 Å². The number of sulfone groups is 1. The fourth-order valence-electron chi connectivity index (χ4n) is 1.89. The first-order valence-corrected chi connectivity index (χ1v) is 9.33. The number of benzene rings is 1. The molecule has 0 aliphatic carbocycles. The van der Waals surface area contributed by atoms with Gasteiger partial charge in [-0.25, -0.2) is 13.2 Å². The van der Waals surface area contributed by atoms with Gasteiger partial charge in [-0.05, 0) is 29.1 Å². The van der Waals surface area contributed by atoms with Crippen LogP contribution in [0.1, 0.15) is 15.9 Å². The average molecular weight is 353 g/mol. The summed E-state index contributed by atoms with van der Waals surface area (Å²) in [6.45, 7) is 0. The Bertz CT molecular complexity index is 822. The molecule has 1 amide bonds. The van der Waals surface area contributed by atoms with Crippen LogP contribution >= 0.6 is 11.3 Å². The van der Waals surface area contributed by atoms with E-state index in [4.69, 9.17) is 0 Å². The van der Waals surface area contributed by atoms with Crippen LogP contribution in [0.4, 0.5) is 5.00 Å². The number of methoxy groups -OCH3 is 1. The lowest BCUT2D eigenvalue weighted by Crippen LogP contribution is -2.15. The van der Waals surface area contributed by atoms with Crippen molar-refractivity contribution in [1.82, 2.24) is 0 Å². The number of thiophene rings is 1. The van der Waals surface area contributed by atoms with Crippen LogP contribution in [0.3, 0.4) is 0 Å². The van der Waals surface area contributed by atoms with Gasteiger partial charge in [0.15, 0.2) is 9.84 Å². The highest BCUT2D eigenvalue weighted by molar-refractivity contribution is 7.90. The number of anilines is 1. The summed E-state index contributed by atoms with van der Waals surface area (Å²) >= 11 is 1.23. The quantitative estimate of drug-likeness (QED) is 0.832. The Hall–Kier alpha value is -2.19. The lowest BCUT2D eigenvalue weighted by Gasteiger charge is -2.06. The number of nitrogens with one attached hydrogen (secondary N) is 1. The van der Waals surface area contributed by atoms with E-state index >= 15 is 0 Å². The van der Waals surface area contributed by atoms with Gasteiger partial charge < -0.3 is 10.1 Å². The van der Waals surface area contributed by atoms with E-state index in [0.717, 1.165) is 6.26 Å². The highest BCUT2D eigenvalue weighted by Gasteiger charge is 2.15. The number of ether oxygens (including phenoxy) is 1. The van der Waals surface area contributed by atoms with E-state index in [-0.39, 0.29) is 17.2 Å². The molecular weight excluding hydrogens is 338 g/mol. The number of hydrogen-bond donors (Lipinski definition) is 1. The van der Waals surface area contributed by atoms with Gasteiger partial charge in [-0.2, -0.15) is 0 Å². The molecule has 23 heavy (non-hydrogen) atoms. The molecule has 0 aliphatic rings. The van der Waals surface area contributed by atoms with Crippen LogP contribution in [-0.4, -0.2) is 33.7 Å². The molecule has 0 unspecified atom stereocenters. The summed E-state index contributed by atoms with van der Waals surface area (Å²) in [5, 5.41) is 4.77. The Kier molecular flexibility index (Phi) is 5.17. The third kappa shape index (κ3) is 4.40. The number of carbonyl (C=O) groups excluding carboxylic acids is 2. The van der Waals surface area contributed by atoms with Crippen molar-refractivity contribution < 1.29 is 22.7 Å². The monoisotopic (exact) mass is 353 g/mol. The molecule has 2 aromatic rings. The molecule has 6 nitrogen and oxygen atoms in total. The largest absolute Gasteiger partial charge is 0.465 e. The highest BCUT2D eigenvalue weighted by atomic mass is 32.2. The molecular formula is C15H15NO5S2. The molecule has 1 aromatic carbocycles. The second-order valence-corrected chi connectivity index (χ2v) is 7.73. The topological polar surface area (TPSA) is 89.5 Å². The zero-order valence-electron chi connectivity index (χ0n) is 12.5. The molecule has 0 saturated heterocycles. The summed E-state index contributed by atoms with van der Waals surface area (Å²) < 4.78 is 27.4. The summed E-state index contributed by atoms with van der Waals surface area (Å²) in [4.78, 5) is 23.8. The van der Waals surface area contributed by atoms with E-state index in [2.05, 4.69) is 10.1 Å². The Morgan fingerprint density at radius 2 is 1.83 bits per heavy atom. The molecule has 1 aromatic heterocycles. The molecule has 122 valence electrons. The minimum Gasteiger partial charge on any atom is -0.465 e. The second kappa shape index (κ2) is 6.93. The van der Waals surface area contributed by atoms with Gasteiger partial charge in [0, 0.05) is 6.26 Å². The molecule has 0 fully saturated rings.